The third-order valence-electron chi connectivity index (χ3n) is 2.52. The van der Waals surface area contributed by atoms with Gasteiger partial charge in [0.25, 0.3) is 0 Å². The van der Waals surface area contributed by atoms with Crippen molar-refractivity contribution >= 4 is 34.6 Å². The van der Waals surface area contributed by atoms with E-state index in [-0.39, 0.29) is 0 Å². The molecule has 0 unspecified atom stereocenters. The zero-order valence-electron chi connectivity index (χ0n) is 10.0. The third-order valence-corrected chi connectivity index (χ3v) is 3.32. The van der Waals surface area contributed by atoms with Gasteiger partial charge in [-0.2, -0.15) is 0 Å². The van der Waals surface area contributed by atoms with E-state index in [2.05, 4.69) is 19.2 Å². The quantitative estimate of drug-likeness (QED) is 0.813. The Bertz CT molecular complexity index is 391. The standard InChI is InChI=1S/C12H17ClN2S/c1-8(2)15(4)12(16)14-10-6-5-9(3)11(13)7-10/h5-8H,1-4H3,(H,14,16). The van der Waals surface area contributed by atoms with Crippen LogP contribution in [0.5, 0.6) is 0 Å². The number of aryl methyl sites for hydroxylation is 1. The van der Waals surface area contributed by atoms with Crippen molar-refractivity contribution in [3.63, 3.8) is 0 Å². The van der Waals surface area contributed by atoms with Crippen molar-refractivity contribution in [1.29, 1.82) is 0 Å². The summed E-state index contributed by atoms with van der Waals surface area (Å²) in [6, 6.07) is 6.21. The van der Waals surface area contributed by atoms with Gasteiger partial charge in [-0.3, -0.25) is 0 Å². The van der Waals surface area contributed by atoms with Crippen LogP contribution < -0.4 is 5.32 Å². The molecule has 0 saturated heterocycles. The second-order valence-corrected chi connectivity index (χ2v) is 4.89. The van der Waals surface area contributed by atoms with Gasteiger partial charge in [0.2, 0.25) is 0 Å². The topological polar surface area (TPSA) is 15.3 Å². The normalized spacial score (nSPS) is 10.4. The summed E-state index contributed by atoms with van der Waals surface area (Å²) in [5.41, 5.74) is 1.99. The van der Waals surface area contributed by atoms with E-state index in [1.54, 1.807) is 0 Å². The number of hydrogen-bond acceptors (Lipinski definition) is 1. The molecule has 0 saturated carbocycles. The Morgan fingerprint density at radius 2 is 2.06 bits per heavy atom. The Balaban J connectivity index is 2.74. The average Bonchev–Trinajstić information content (AvgIpc) is 2.22. The van der Waals surface area contributed by atoms with E-state index in [4.69, 9.17) is 23.8 Å². The Morgan fingerprint density at radius 3 is 2.56 bits per heavy atom. The predicted molar refractivity (Wildman–Crippen MR) is 75.3 cm³/mol. The van der Waals surface area contributed by atoms with Crippen LogP contribution in [0.1, 0.15) is 19.4 Å². The van der Waals surface area contributed by atoms with Crippen molar-refractivity contribution in [2.24, 2.45) is 0 Å². The van der Waals surface area contributed by atoms with Gasteiger partial charge in [-0.05, 0) is 50.7 Å². The number of hydrogen-bond donors (Lipinski definition) is 1. The minimum absolute atomic E-state index is 0.376. The number of nitrogens with one attached hydrogen (secondary N) is 1. The van der Waals surface area contributed by atoms with Crippen LogP contribution in [0.3, 0.4) is 0 Å². The number of anilines is 1. The first kappa shape index (κ1) is 13.3. The summed E-state index contributed by atoms with van der Waals surface area (Å²) in [5.74, 6) is 0. The first-order chi connectivity index (χ1) is 7.41. The van der Waals surface area contributed by atoms with E-state index in [1.807, 2.05) is 37.1 Å². The third kappa shape index (κ3) is 3.35. The summed E-state index contributed by atoms with van der Waals surface area (Å²) < 4.78 is 0. The molecule has 4 heteroatoms. The number of benzene rings is 1. The average molecular weight is 257 g/mol. The molecule has 88 valence electrons. The van der Waals surface area contributed by atoms with E-state index in [9.17, 15) is 0 Å². The smallest absolute Gasteiger partial charge is 0.173 e. The molecule has 0 heterocycles. The Hall–Kier alpha value is -0.800. The van der Waals surface area contributed by atoms with Crippen LogP contribution >= 0.6 is 23.8 Å². The fraction of sp³-hybridized carbons (Fsp3) is 0.417. The molecule has 16 heavy (non-hydrogen) atoms. The fourth-order valence-electron chi connectivity index (χ4n) is 1.12. The van der Waals surface area contributed by atoms with Crippen LogP contribution in [0.15, 0.2) is 18.2 Å². The molecule has 0 radical (unpaired) electrons. The summed E-state index contributed by atoms with van der Waals surface area (Å²) in [7, 11) is 1.97. The molecular formula is C12H17ClN2S. The van der Waals surface area contributed by atoms with Gasteiger partial charge >= 0.3 is 0 Å². The van der Waals surface area contributed by atoms with Gasteiger partial charge in [0.05, 0.1) is 0 Å². The second-order valence-electron chi connectivity index (χ2n) is 4.10. The van der Waals surface area contributed by atoms with Crippen LogP contribution in [-0.2, 0) is 0 Å². The molecule has 0 atom stereocenters. The Morgan fingerprint density at radius 1 is 1.44 bits per heavy atom. The highest BCUT2D eigenvalue weighted by atomic mass is 35.5. The van der Waals surface area contributed by atoms with Crippen LogP contribution in [0.25, 0.3) is 0 Å². The molecule has 0 bridgehead atoms. The molecule has 1 rings (SSSR count). The largest absolute Gasteiger partial charge is 0.350 e. The van der Waals surface area contributed by atoms with E-state index in [0.717, 1.165) is 16.3 Å². The lowest BCUT2D eigenvalue weighted by molar-refractivity contribution is 0.423. The molecular weight excluding hydrogens is 240 g/mol. The maximum atomic E-state index is 6.04. The molecule has 0 fully saturated rings. The summed E-state index contributed by atoms with van der Waals surface area (Å²) in [6.45, 7) is 6.16. The first-order valence-electron chi connectivity index (χ1n) is 5.21. The second kappa shape index (κ2) is 5.51. The van der Waals surface area contributed by atoms with Gasteiger partial charge in [-0.1, -0.05) is 17.7 Å². The van der Waals surface area contributed by atoms with E-state index in [0.29, 0.717) is 11.2 Å². The highest BCUT2D eigenvalue weighted by molar-refractivity contribution is 7.80. The lowest BCUT2D eigenvalue weighted by Crippen LogP contribution is -2.36. The molecule has 0 aliphatic carbocycles. The lowest BCUT2D eigenvalue weighted by atomic mass is 10.2. The molecule has 0 aliphatic heterocycles. The zero-order valence-corrected chi connectivity index (χ0v) is 11.6. The van der Waals surface area contributed by atoms with Crippen LogP contribution in [-0.4, -0.2) is 23.1 Å². The number of thiocarbonyl (C=S) groups is 1. The fourth-order valence-corrected chi connectivity index (χ4v) is 1.63. The number of halogens is 1. The highest BCUT2D eigenvalue weighted by Crippen LogP contribution is 2.20. The van der Waals surface area contributed by atoms with Gasteiger partial charge in [0.15, 0.2) is 5.11 Å². The minimum atomic E-state index is 0.376. The van der Waals surface area contributed by atoms with E-state index >= 15 is 0 Å². The molecule has 2 nitrogen and oxygen atoms in total. The minimum Gasteiger partial charge on any atom is -0.350 e. The van der Waals surface area contributed by atoms with Gasteiger partial charge < -0.3 is 10.2 Å². The van der Waals surface area contributed by atoms with Gasteiger partial charge in [0, 0.05) is 23.8 Å². The van der Waals surface area contributed by atoms with Crippen molar-refractivity contribution in [2.75, 3.05) is 12.4 Å². The highest BCUT2D eigenvalue weighted by Gasteiger charge is 2.08. The van der Waals surface area contributed by atoms with Crippen LogP contribution in [0.2, 0.25) is 5.02 Å². The first-order valence-corrected chi connectivity index (χ1v) is 6.00. The summed E-state index contributed by atoms with van der Waals surface area (Å²) >= 11 is 11.3. The van der Waals surface area contributed by atoms with Gasteiger partial charge in [-0.25, -0.2) is 0 Å². The molecule has 0 aliphatic rings. The summed E-state index contributed by atoms with van der Waals surface area (Å²) in [6.07, 6.45) is 0. The molecule has 1 aromatic carbocycles. The van der Waals surface area contributed by atoms with Crippen molar-refractivity contribution in [3.8, 4) is 0 Å². The molecule has 1 N–H and O–H groups in total. The van der Waals surface area contributed by atoms with Crippen molar-refractivity contribution in [2.45, 2.75) is 26.8 Å². The number of rotatable bonds is 2. The zero-order chi connectivity index (χ0) is 12.3. The predicted octanol–water partition coefficient (Wildman–Crippen LogP) is 3.69. The van der Waals surface area contributed by atoms with Gasteiger partial charge in [-0.15, -0.1) is 0 Å². The lowest BCUT2D eigenvalue weighted by Gasteiger charge is -2.25. The summed E-state index contributed by atoms with van der Waals surface area (Å²) in [5, 5.41) is 4.62. The Kier molecular flexibility index (Phi) is 4.56. The number of nitrogens with zero attached hydrogens (tertiary/aromatic N) is 1. The SMILES string of the molecule is Cc1ccc(NC(=S)N(C)C(C)C)cc1Cl. The molecule has 0 aromatic heterocycles. The summed E-state index contributed by atoms with van der Waals surface area (Å²) in [4.78, 5) is 2.00. The Labute approximate surface area is 108 Å². The monoisotopic (exact) mass is 256 g/mol. The maximum absolute atomic E-state index is 6.04. The van der Waals surface area contributed by atoms with Gasteiger partial charge in [0.1, 0.15) is 0 Å². The van der Waals surface area contributed by atoms with E-state index in [1.165, 1.54) is 0 Å². The van der Waals surface area contributed by atoms with Crippen molar-refractivity contribution < 1.29 is 0 Å². The maximum Gasteiger partial charge on any atom is 0.173 e. The molecule has 0 amide bonds. The molecule has 1 aromatic rings. The van der Waals surface area contributed by atoms with Crippen molar-refractivity contribution in [1.82, 2.24) is 4.90 Å². The molecule has 0 spiro atoms. The van der Waals surface area contributed by atoms with Crippen molar-refractivity contribution in [3.05, 3.63) is 28.8 Å². The van der Waals surface area contributed by atoms with E-state index < -0.39 is 0 Å². The van der Waals surface area contributed by atoms with Crippen LogP contribution in [0, 0.1) is 6.92 Å². The van der Waals surface area contributed by atoms with Crippen LogP contribution in [0.4, 0.5) is 5.69 Å².